The second-order valence-corrected chi connectivity index (χ2v) is 6.08. The van der Waals surface area contributed by atoms with E-state index >= 15 is 0 Å². The van der Waals surface area contributed by atoms with Crippen LogP contribution >= 0.6 is 0 Å². The van der Waals surface area contributed by atoms with Crippen molar-refractivity contribution >= 4 is 17.3 Å². The van der Waals surface area contributed by atoms with Gasteiger partial charge in [0.2, 0.25) is 0 Å². The third kappa shape index (κ3) is 4.85. The number of nitrogens with one attached hydrogen (secondary N) is 1. The van der Waals surface area contributed by atoms with Crippen LogP contribution in [0.2, 0.25) is 0 Å². The molecule has 0 saturated heterocycles. The van der Waals surface area contributed by atoms with Crippen LogP contribution in [0.4, 0.5) is 11.4 Å². The minimum Gasteiger partial charge on any atom is -0.497 e. The van der Waals surface area contributed by atoms with Crippen LogP contribution in [0, 0.1) is 0 Å². The third-order valence-electron chi connectivity index (χ3n) is 4.29. The molecule has 0 spiro atoms. The summed E-state index contributed by atoms with van der Waals surface area (Å²) in [7, 11) is 1.61. The lowest BCUT2D eigenvalue weighted by Crippen LogP contribution is -2.22. The normalized spacial score (nSPS) is 10.3. The van der Waals surface area contributed by atoms with E-state index in [1.807, 2.05) is 24.3 Å². The molecule has 1 heterocycles. The molecule has 0 bridgehead atoms. The molecule has 0 unspecified atom stereocenters. The van der Waals surface area contributed by atoms with Crippen LogP contribution in [0.15, 0.2) is 72.9 Å². The van der Waals surface area contributed by atoms with Crippen molar-refractivity contribution < 1.29 is 9.53 Å². The van der Waals surface area contributed by atoms with Crippen LogP contribution in [0.3, 0.4) is 0 Å². The summed E-state index contributed by atoms with van der Waals surface area (Å²) in [6.45, 7) is 3.76. The Kier molecular flexibility index (Phi) is 6.05. The second kappa shape index (κ2) is 8.85. The van der Waals surface area contributed by atoms with Crippen molar-refractivity contribution in [2.45, 2.75) is 13.5 Å². The Hall–Kier alpha value is -3.34. The Morgan fingerprint density at radius 2 is 1.78 bits per heavy atom. The highest BCUT2D eigenvalue weighted by molar-refractivity contribution is 6.02. The molecule has 1 N–H and O–H groups in total. The predicted octanol–water partition coefficient (Wildman–Crippen LogP) is 4.37. The lowest BCUT2D eigenvalue weighted by molar-refractivity contribution is 0.102. The van der Waals surface area contributed by atoms with Crippen LogP contribution in [0.1, 0.15) is 23.0 Å². The van der Waals surface area contributed by atoms with Crippen LogP contribution in [-0.2, 0) is 6.54 Å². The largest absolute Gasteiger partial charge is 0.497 e. The van der Waals surface area contributed by atoms with Crippen molar-refractivity contribution in [2.75, 3.05) is 23.9 Å². The van der Waals surface area contributed by atoms with Gasteiger partial charge in [0.05, 0.1) is 19.0 Å². The molecule has 3 aromatic rings. The summed E-state index contributed by atoms with van der Waals surface area (Å²) in [6, 6.07) is 21.2. The topological polar surface area (TPSA) is 54.5 Å². The average Bonchev–Trinajstić information content (AvgIpc) is 2.73. The lowest BCUT2D eigenvalue weighted by Gasteiger charge is -2.23. The number of carbonyl (C=O) groups is 1. The van der Waals surface area contributed by atoms with Crippen molar-refractivity contribution in [2.24, 2.45) is 0 Å². The molecule has 0 aliphatic heterocycles. The fraction of sp³-hybridized carbons (Fsp3) is 0.182. The summed E-state index contributed by atoms with van der Waals surface area (Å²) >= 11 is 0. The molecule has 2 aromatic carbocycles. The lowest BCUT2D eigenvalue weighted by atomic mass is 10.2. The van der Waals surface area contributed by atoms with Crippen molar-refractivity contribution in [3.63, 3.8) is 0 Å². The van der Waals surface area contributed by atoms with E-state index < -0.39 is 0 Å². The van der Waals surface area contributed by atoms with Gasteiger partial charge in [-0.15, -0.1) is 0 Å². The van der Waals surface area contributed by atoms with Gasteiger partial charge < -0.3 is 15.0 Å². The quantitative estimate of drug-likeness (QED) is 0.679. The number of methoxy groups -OCH3 is 1. The summed E-state index contributed by atoms with van der Waals surface area (Å²) < 4.78 is 5.12. The van der Waals surface area contributed by atoms with Gasteiger partial charge in [-0.2, -0.15) is 0 Å². The first-order valence-electron chi connectivity index (χ1n) is 8.90. The number of amides is 1. The molecular weight excluding hydrogens is 338 g/mol. The van der Waals surface area contributed by atoms with Crippen molar-refractivity contribution in [3.8, 4) is 5.75 Å². The molecule has 0 aliphatic rings. The first kappa shape index (κ1) is 18.5. The van der Waals surface area contributed by atoms with Crippen LogP contribution in [-0.4, -0.2) is 24.5 Å². The molecule has 0 saturated carbocycles. The van der Waals surface area contributed by atoms with E-state index in [0.717, 1.165) is 24.5 Å². The maximum Gasteiger partial charge on any atom is 0.274 e. The highest BCUT2D eigenvalue weighted by atomic mass is 16.5. The Balaban J connectivity index is 1.66. The Morgan fingerprint density at radius 1 is 1.04 bits per heavy atom. The zero-order valence-corrected chi connectivity index (χ0v) is 15.6. The van der Waals surface area contributed by atoms with Gasteiger partial charge in [-0.25, -0.2) is 4.98 Å². The third-order valence-corrected chi connectivity index (χ3v) is 4.29. The molecule has 0 atom stereocenters. The van der Waals surface area contributed by atoms with Gasteiger partial charge in [0, 0.05) is 18.8 Å². The molecule has 1 aromatic heterocycles. The summed E-state index contributed by atoms with van der Waals surface area (Å²) in [5.74, 6) is 0.506. The molecule has 0 aliphatic carbocycles. The van der Waals surface area contributed by atoms with Crippen molar-refractivity contribution in [3.05, 3.63) is 84.2 Å². The predicted molar refractivity (Wildman–Crippen MR) is 108 cm³/mol. The molecule has 1 amide bonds. The number of ether oxygens (including phenoxy) is 1. The smallest absolute Gasteiger partial charge is 0.274 e. The van der Waals surface area contributed by atoms with E-state index in [9.17, 15) is 4.79 Å². The molecule has 0 fully saturated rings. The molecule has 5 nitrogen and oxygen atoms in total. The molecule has 138 valence electrons. The van der Waals surface area contributed by atoms with Crippen LogP contribution in [0.5, 0.6) is 5.75 Å². The number of benzene rings is 2. The van der Waals surface area contributed by atoms with Crippen LogP contribution in [0.25, 0.3) is 0 Å². The highest BCUT2D eigenvalue weighted by Crippen LogP contribution is 2.18. The average molecular weight is 361 g/mol. The van der Waals surface area contributed by atoms with E-state index in [0.29, 0.717) is 11.4 Å². The number of nitrogens with zero attached hydrogens (tertiary/aromatic N) is 2. The van der Waals surface area contributed by atoms with Gasteiger partial charge in [0.25, 0.3) is 5.91 Å². The van der Waals surface area contributed by atoms with E-state index in [1.54, 1.807) is 43.6 Å². The standard InChI is InChI=1S/C22H23N3O2/c1-3-25(16-17-7-5-4-6-8-17)19-11-14-21(23-15-19)22(26)24-18-9-12-20(27-2)13-10-18/h4-15H,3,16H2,1-2H3,(H,24,26). The number of anilines is 2. The molecule has 5 heteroatoms. The summed E-state index contributed by atoms with van der Waals surface area (Å²) in [6.07, 6.45) is 1.75. The molecule has 3 rings (SSSR count). The maximum absolute atomic E-state index is 12.4. The zero-order valence-electron chi connectivity index (χ0n) is 15.6. The number of pyridine rings is 1. The fourth-order valence-electron chi connectivity index (χ4n) is 2.77. The summed E-state index contributed by atoms with van der Waals surface area (Å²) in [4.78, 5) is 18.9. The molecule has 27 heavy (non-hydrogen) atoms. The maximum atomic E-state index is 12.4. The van der Waals surface area contributed by atoms with Gasteiger partial charge in [-0.05, 0) is 48.9 Å². The number of carbonyl (C=O) groups excluding carboxylic acids is 1. The van der Waals surface area contributed by atoms with E-state index in [1.165, 1.54) is 5.56 Å². The van der Waals surface area contributed by atoms with Gasteiger partial charge >= 0.3 is 0 Å². The van der Waals surface area contributed by atoms with E-state index in [-0.39, 0.29) is 5.91 Å². The number of hydrogen-bond donors (Lipinski definition) is 1. The van der Waals surface area contributed by atoms with Gasteiger partial charge in [0.1, 0.15) is 11.4 Å². The summed E-state index contributed by atoms with van der Waals surface area (Å²) in [5, 5.41) is 2.84. The van der Waals surface area contributed by atoms with Gasteiger partial charge in [0.15, 0.2) is 0 Å². The van der Waals surface area contributed by atoms with Crippen molar-refractivity contribution in [1.82, 2.24) is 4.98 Å². The van der Waals surface area contributed by atoms with Crippen molar-refractivity contribution in [1.29, 1.82) is 0 Å². The zero-order chi connectivity index (χ0) is 19.1. The molecular formula is C22H23N3O2. The number of rotatable bonds is 7. The minimum atomic E-state index is -0.238. The van der Waals surface area contributed by atoms with Crippen LogP contribution < -0.4 is 15.0 Å². The minimum absolute atomic E-state index is 0.238. The Morgan fingerprint density at radius 3 is 2.37 bits per heavy atom. The monoisotopic (exact) mass is 361 g/mol. The summed E-state index contributed by atoms with van der Waals surface area (Å²) in [5.41, 5.74) is 3.30. The second-order valence-electron chi connectivity index (χ2n) is 6.08. The first-order chi connectivity index (χ1) is 13.2. The molecule has 0 radical (unpaired) electrons. The van der Waals surface area contributed by atoms with E-state index in [4.69, 9.17) is 4.74 Å². The van der Waals surface area contributed by atoms with Gasteiger partial charge in [-0.1, -0.05) is 30.3 Å². The number of hydrogen-bond acceptors (Lipinski definition) is 4. The fourth-order valence-corrected chi connectivity index (χ4v) is 2.77. The highest BCUT2D eigenvalue weighted by Gasteiger charge is 2.10. The number of aromatic nitrogens is 1. The Labute approximate surface area is 159 Å². The first-order valence-corrected chi connectivity index (χ1v) is 8.90. The van der Waals surface area contributed by atoms with Gasteiger partial charge in [-0.3, -0.25) is 4.79 Å². The van der Waals surface area contributed by atoms with E-state index in [2.05, 4.69) is 34.3 Å². The SMILES string of the molecule is CCN(Cc1ccccc1)c1ccc(C(=O)Nc2ccc(OC)cc2)nc1. The Bertz CT molecular complexity index is 862.